The molecule has 3 aliphatic rings. The molecule has 0 spiro atoms. The van der Waals surface area contributed by atoms with Crippen LogP contribution in [0.3, 0.4) is 0 Å². The summed E-state index contributed by atoms with van der Waals surface area (Å²) < 4.78 is 0. The highest BCUT2D eigenvalue weighted by Gasteiger charge is 2.26. The van der Waals surface area contributed by atoms with Crippen molar-refractivity contribution in [1.29, 1.82) is 0 Å². The first-order valence-corrected chi connectivity index (χ1v) is 9.76. The van der Waals surface area contributed by atoms with Gasteiger partial charge in [0.25, 0.3) is 5.91 Å². The summed E-state index contributed by atoms with van der Waals surface area (Å²) in [7, 11) is 0. The SMILES string of the molecule is O=C1NC(=N[C@@H]2CCCCC[C@@H]2O)N/C1=C\C1=Cc2scnc2CC1. The Morgan fingerprint density at radius 2 is 2.12 bits per heavy atom. The number of aliphatic hydroxyl groups is 1. The first-order chi connectivity index (χ1) is 12.2. The summed E-state index contributed by atoms with van der Waals surface area (Å²) in [6.45, 7) is 0. The molecule has 6 nitrogen and oxygen atoms in total. The lowest BCUT2D eigenvalue weighted by atomic mass is 10.0. The van der Waals surface area contributed by atoms with Crippen LogP contribution in [-0.2, 0) is 11.2 Å². The third-order valence-electron chi connectivity index (χ3n) is 4.94. The molecule has 1 aromatic rings. The van der Waals surface area contributed by atoms with E-state index in [-0.39, 0.29) is 11.9 Å². The number of aromatic nitrogens is 1. The van der Waals surface area contributed by atoms with Gasteiger partial charge >= 0.3 is 0 Å². The predicted molar refractivity (Wildman–Crippen MR) is 98.1 cm³/mol. The summed E-state index contributed by atoms with van der Waals surface area (Å²) in [5, 5.41) is 16.1. The van der Waals surface area contributed by atoms with E-state index in [4.69, 9.17) is 0 Å². The lowest BCUT2D eigenvalue weighted by Crippen LogP contribution is -2.31. The average Bonchev–Trinajstić information content (AvgIpc) is 3.13. The summed E-state index contributed by atoms with van der Waals surface area (Å²) in [5.74, 6) is 0.287. The number of carbonyl (C=O) groups excluding carboxylic acids is 1. The van der Waals surface area contributed by atoms with E-state index < -0.39 is 6.10 Å². The number of hydrogen-bond acceptors (Lipinski definition) is 5. The summed E-state index contributed by atoms with van der Waals surface area (Å²) >= 11 is 1.62. The van der Waals surface area contributed by atoms with Gasteiger partial charge in [0, 0.05) is 0 Å². The summed E-state index contributed by atoms with van der Waals surface area (Å²) in [6.07, 6.45) is 10.2. The van der Waals surface area contributed by atoms with E-state index >= 15 is 0 Å². The zero-order chi connectivity index (χ0) is 17.2. The van der Waals surface area contributed by atoms with Crippen LogP contribution in [0.25, 0.3) is 6.08 Å². The molecule has 4 rings (SSSR count). The fourth-order valence-electron chi connectivity index (χ4n) is 3.53. The number of thiazole rings is 1. The maximum Gasteiger partial charge on any atom is 0.274 e. The van der Waals surface area contributed by atoms with E-state index in [1.54, 1.807) is 11.3 Å². The van der Waals surface area contributed by atoms with E-state index in [9.17, 15) is 9.90 Å². The summed E-state index contributed by atoms with van der Waals surface area (Å²) in [6, 6.07) is -0.140. The number of aliphatic imine (C=N–C) groups is 1. The minimum atomic E-state index is -0.424. The number of aliphatic hydroxyl groups excluding tert-OH is 1. The molecule has 1 aliphatic heterocycles. The van der Waals surface area contributed by atoms with Crippen molar-refractivity contribution in [3.63, 3.8) is 0 Å². The molecule has 2 heterocycles. The fourth-order valence-corrected chi connectivity index (χ4v) is 4.33. The van der Waals surface area contributed by atoms with Crippen molar-refractivity contribution in [2.75, 3.05) is 0 Å². The number of aryl methyl sites for hydroxylation is 1. The Bertz CT molecular complexity index is 765. The van der Waals surface area contributed by atoms with Crippen LogP contribution in [0.4, 0.5) is 0 Å². The molecule has 2 fully saturated rings. The molecule has 1 amide bonds. The molecule has 1 aromatic heterocycles. The van der Waals surface area contributed by atoms with Crippen molar-refractivity contribution < 1.29 is 9.90 Å². The van der Waals surface area contributed by atoms with Gasteiger partial charge in [0.15, 0.2) is 0 Å². The molecule has 0 bridgehead atoms. The van der Waals surface area contributed by atoms with Gasteiger partial charge in [-0.05, 0) is 43.4 Å². The molecule has 2 atom stereocenters. The highest BCUT2D eigenvalue weighted by atomic mass is 32.1. The largest absolute Gasteiger partial charge is 0.391 e. The molecular formula is C18H22N4O2S. The molecule has 3 N–H and O–H groups in total. The molecule has 0 radical (unpaired) electrons. The quantitative estimate of drug-likeness (QED) is 0.558. The second-order valence-corrected chi connectivity index (χ2v) is 7.66. The van der Waals surface area contributed by atoms with Gasteiger partial charge in [-0.3, -0.25) is 10.1 Å². The molecule has 132 valence electrons. The van der Waals surface area contributed by atoms with Gasteiger partial charge in [0.1, 0.15) is 5.70 Å². The van der Waals surface area contributed by atoms with Gasteiger partial charge in [-0.25, -0.2) is 9.98 Å². The molecule has 2 aliphatic carbocycles. The monoisotopic (exact) mass is 358 g/mol. The van der Waals surface area contributed by atoms with Crippen LogP contribution in [0.15, 0.2) is 27.8 Å². The number of hydrogen-bond donors (Lipinski definition) is 3. The Balaban J connectivity index is 1.50. The number of amides is 1. The van der Waals surface area contributed by atoms with Gasteiger partial charge in [-0.15, -0.1) is 11.3 Å². The number of guanidine groups is 1. The van der Waals surface area contributed by atoms with Crippen LogP contribution in [0.5, 0.6) is 0 Å². The number of carbonyl (C=O) groups is 1. The van der Waals surface area contributed by atoms with Crippen LogP contribution in [0, 0.1) is 0 Å². The van der Waals surface area contributed by atoms with Gasteiger partial charge in [0.05, 0.1) is 28.2 Å². The van der Waals surface area contributed by atoms with Crippen molar-refractivity contribution >= 4 is 29.3 Å². The Morgan fingerprint density at radius 1 is 1.24 bits per heavy atom. The maximum absolute atomic E-state index is 12.2. The lowest BCUT2D eigenvalue weighted by molar-refractivity contribution is -0.115. The Kier molecular flexibility index (Phi) is 4.67. The van der Waals surface area contributed by atoms with E-state index in [2.05, 4.69) is 26.7 Å². The number of nitrogens with one attached hydrogen (secondary N) is 2. The Morgan fingerprint density at radius 3 is 3.04 bits per heavy atom. The molecule has 0 unspecified atom stereocenters. The minimum absolute atomic E-state index is 0.140. The van der Waals surface area contributed by atoms with Crippen molar-refractivity contribution in [1.82, 2.24) is 15.6 Å². The molecule has 1 saturated carbocycles. The second kappa shape index (κ2) is 7.09. The number of nitrogens with zero attached hydrogens (tertiary/aromatic N) is 2. The van der Waals surface area contributed by atoms with Crippen molar-refractivity contribution in [2.45, 2.75) is 57.1 Å². The molecule has 25 heavy (non-hydrogen) atoms. The predicted octanol–water partition coefficient (Wildman–Crippen LogP) is 2.13. The fraction of sp³-hybridized carbons (Fsp3) is 0.500. The second-order valence-electron chi connectivity index (χ2n) is 6.77. The number of fused-ring (bicyclic) bond motifs is 1. The zero-order valence-corrected chi connectivity index (χ0v) is 14.8. The van der Waals surface area contributed by atoms with Crippen LogP contribution in [0.2, 0.25) is 0 Å². The third-order valence-corrected chi connectivity index (χ3v) is 5.76. The minimum Gasteiger partial charge on any atom is -0.391 e. The smallest absolute Gasteiger partial charge is 0.274 e. The van der Waals surface area contributed by atoms with E-state index in [1.165, 1.54) is 4.88 Å². The molecular weight excluding hydrogens is 336 g/mol. The van der Waals surface area contributed by atoms with Crippen LogP contribution in [0.1, 0.15) is 49.1 Å². The molecule has 0 aromatic carbocycles. The summed E-state index contributed by atoms with van der Waals surface area (Å²) in [4.78, 5) is 22.3. The van der Waals surface area contributed by atoms with Crippen LogP contribution < -0.4 is 10.6 Å². The van der Waals surface area contributed by atoms with Crippen molar-refractivity contribution in [2.24, 2.45) is 4.99 Å². The first kappa shape index (κ1) is 16.5. The van der Waals surface area contributed by atoms with Crippen molar-refractivity contribution in [3.8, 4) is 0 Å². The van der Waals surface area contributed by atoms with E-state index in [0.29, 0.717) is 11.7 Å². The summed E-state index contributed by atoms with van der Waals surface area (Å²) in [5.41, 5.74) is 4.63. The van der Waals surface area contributed by atoms with Gasteiger partial charge in [0.2, 0.25) is 5.96 Å². The van der Waals surface area contributed by atoms with E-state index in [1.807, 2.05) is 11.6 Å². The normalized spacial score (nSPS) is 29.8. The Labute approximate surface area is 150 Å². The first-order valence-electron chi connectivity index (χ1n) is 8.88. The Hall–Kier alpha value is -1.99. The molecule has 1 saturated heterocycles. The van der Waals surface area contributed by atoms with E-state index in [0.717, 1.165) is 56.2 Å². The van der Waals surface area contributed by atoms with Gasteiger partial charge < -0.3 is 10.4 Å². The highest BCUT2D eigenvalue weighted by Crippen LogP contribution is 2.27. The lowest BCUT2D eigenvalue weighted by Gasteiger charge is -2.16. The zero-order valence-electron chi connectivity index (χ0n) is 14.0. The number of allylic oxidation sites excluding steroid dienone is 2. The molecule has 7 heteroatoms. The van der Waals surface area contributed by atoms with Crippen molar-refractivity contribution in [3.05, 3.63) is 33.4 Å². The third kappa shape index (κ3) is 3.67. The topological polar surface area (TPSA) is 86.6 Å². The van der Waals surface area contributed by atoms with Crippen LogP contribution in [-0.4, -0.2) is 34.1 Å². The number of rotatable bonds is 2. The highest BCUT2D eigenvalue weighted by molar-refractivity contribution is 7.10. The maximum atomic E-state index is 12.2. The van der Waals surface area contributed by atoms with Crippen LogP contribution >= 0.6 is 11.3 Å². The van der Waals surface area contributed by atoms with Gasteiger partial charge in [-0.1, -0.05) is 19.3 Å². The standard InChI is InChI=1S/C18H22N4O2S/c23-15-5-3-1-2-4-12(15)20-18-21-14(17(24)22-18)8-11-6-7-13-16(9-11)25-10-19-13/h8-10,12,15,23H,1-7H2,(H2,20,21,22,24)/b14-8-/t12-,15+/m1/s1. The van der Waals surface area contributed by atoms with Gasteiger partial charge in [-0.2, -0.15) is 0 Å². The average molecular weight is 358 g/mol.